The highest BCUT2D eigenvalue weighted by Gasteiger charge is 2.33. The van der Waals surface area contributed by atoms with Crippen LogP contribution in [-0.2, 0) is 5.41 Å². The van der Waals surface area contributed by atoms with Gasteiger partial charge in [-0.25, -0.2) is 4.39 Å². The molecule has 2 aromatic carbocycles. The molecule has 0 aromatic heterocycles. The van der Waals surface area contributed by atoms with Crippen LogP contribution in [0, 0.1) is 11.7 Å². The minimum Gasteiger partial charge on any atom is -0.206 e. The molecule has 33 heavy (non-hydrogen) atoms. The van der Waals surface area contributed by atoms with Crippen molar-refractivity contribution in [3.63, 3.8) is 0 Å². The third-order valence-corrected chi connectivity index (χ3v) is 9.83. The summed E-state index contributed by atoms with van der Waals surface area (Å²) in [6.45, 7) is 4.59. The van der Waals surface area contributed by atoms with Crippen LogP contribution in [0.5, 0.6) is 0 Å². The zero-order valence-corrected chi connectivity index (χ0v) is 22.0. The highest BCUT2D eigenvalue weighted by atomic mass is 28.2. The Hall–Kier alpha value is -1.41. The van der Waals surface area contributed by atoms with Gasteiger partial charge in [-0.1, -0.05) is 94.4 Å². The molecule has 2 aliphatic rings. The Morgan fingerprint density at radius 3 is 2.24 bits per heavy atom. The number of halogens is 1. The Kier molecular flexibility index (Phi) is 8.85. The Morgan fingerprint density at radius 1 is 0.879 bits per heavy atom. The first kappa shape index (κ1) is 24.7. The second-order valence-electron chi connectivity index (χ2n) is 10.8. The van der Waals surface area contributed by atoms with Crippen LogP contribution in [0.3, 0.4) is 0 Å². The van der Waals surface area contributed by atoms with Crippen molar-refractivity contribution in [2.45, 2.75) is 114 Å². The van der Waals surface area contributed by atoms with Gasteiger partial charge in [0.25, 0.3) is 0 Å². The van der Waals surface area contributed by atoms with Gasteiger partial charge in [0.05, 0.1) is 0 Å². The first-order chi connectivity index (χ1) is 16.1. The predicted octanol–water partition coefficient (Wildman–Crippen LogP) is 9.72. The minimum absolute atomic E-state index is 0.0487. The summed E-state index contributed by atoms with van der Waals surface area (Å²) in [4.78, 5) is 0. The summed E-state index contributed by atoms with van der Waals surface area (Å²) in [6.07, 6.45) is 15.7. The smallest absolute Gasteiger partial charge is 0.131 e. The standard InChI is InChI=1S/C31H43FSi/c1-3-5-6-7-24-8-10-25(11-9-24)27-14-17-29(30(32)23-27)26-12-15-28(16-13-26)31(18-4-2)19-21-33-22-20-31/h12-17,23-25H,3-11,18-22H2,1-2H3. The molecule has 1 saturated heterocycles. The molecule has 0 spiro atoms. The van der Waals surface area contributed by atoms with Crippen molar-refractivity contribution in [3.8, 4) is 11.1 Å². The lowest BCUT2D eigenvalue weighted by Gasteiger charge is -2.38. The number of rotatable bonds is 9. The lowest BCUT2D eigenvalue weighted by molar-refractivity contribution is 0.302. The lowest BCUT2D eigenvalue weighted by Crippen LogP contribution is -2.30. The Bertz CT molecular complexity index is 851. The summed E-state index contributed by atoms with van der Waals surface area (Å²) in [7, 11) is 1.14. The Labute approximate surface area is 204 Å². The monoisotopic (exact) mass is 462 g/mol. The summed E-state index contributed by atoms with van der Waals surface area (Å²) in [5.74, 6) is 1.39. The first-order valence-electron chi connectivity index (χ1n) is 13.8. The summed E-state index contributed by atoms with van der Waals surface area (Å²) in [6, 6.07) is 17.8. The third kappa shape index (κ3) is 5.99. The van der Waals surface area contributed by atoms with E-state index in [1.807, 2.05) is 12.1 Å². The fraction of sp³-hybridized carbons (Fsp3) is 0.613. The van der Waals surface area contributed by atoms with Gasteiger partial charge in [0.15, 0.2) is 0 Å². The van der Waals surface area contributed by atoms with Gasteiger partial charge < -0.3 is 0 Å². The summed E-state index contributed by atoms with van der Waals surface area (Å²) < 4.78 is 15.2. The molecular weight excluding hydrogens is 419 g/mol. The van der Waals surface area contributed by atoms with Gasteiger partial charge in [-0.2, -0.15) is 0 Å². The van der Waals surface area contributed by atoms with E-state index in [1.54, 1.807) is 0 Å². The predicted molar refractivity (Wildman–Crippen MR) is 142 cm³/mol. The SMILES string of the molecule is CCCCCC1CCC(c2ccc(-c3ccc(C4(CCC)CC[Si]CC4)cc3)c(F)c2)CC1. The molecule has 0 amide bonds. The van der Waals surface area contributed by atoms with Crippen molar-refractivity contribution in [3.05, 3.63) is 59.4 Å². The van der Waals surface area contributed by atoms with Gasteiger partial charge in [-0.15, -0.1) is 0 Å². The molecule has 0 atom stereocenters. The van der Waals surface area contributed by atoms with Crippen LogP contribution in [0.1, 0.15) is 108 Å². The maximum Gasteiger partial charge on any atom is 0.131 e. The number of unbranched alkanes of at least 4 members (excludes halogenated alkanes) is 2. The average Bonchev–Trinajstić information content (AvgIpc) is 2.85. The van der Waals surface area contributed by atoms with Gasteiger partial charge >= 0.3 is 0 Å². The maximum absolute atomic E-state index is 15.2. The second kappa shape index (κ2) is 11.8. The molecule has 1 aliphatic carbocycles. The van der Waals surface area contributed by atoms with Crippen LogP contribution in [0.2, 0.25) is 12.1 Å². The van der Waals surface area contributed by atoms with E-state index < -0.39 is 0 Å². The molecule has 1 aliphatic heterocycles. The molecule has 0 unspecified atom stereocenters. The summed E-state index contributed by atoms with van der Waals surface area (Å²) in [5.41, 5.74) is 4.83. The van der Waals surface area contributed by atoms with Gasteiger partial charge in [-0.05, 0) is 85.0 Å². The molecular formula is C31H43FSi. The first-order valence-corrected chi connectivity index (χ1v) is 15.2. The van der Waals surface area contributed by atoms with Crippen molar-refractivity contribution < 1.29 is 4.39 Å². The van der Waals surface area contributed by atoms with Crippen LogP contribution in [0.25, 0.3) is 11.1 Å². The van der Waals surface area contributed by atoms with Crippen LogP contribution < -0.4 is 0 Å². The molecule has 2 heteroatoms. The van der Waals surface area contributed by atoms with Crippen molar-refractivity contribution >= 4 is 9.52 Å². The number of benzene rings is 2. The topological polar surface area (TPSA) is 0 Å². The Morgan fingerprint density at radius 2 is 1.61 bits per heavy atom. The van der Waals surface area contributed by atoms with Crippen molar-refractivity contribution in [1.82, 2.24) is 0 Å². The number of hydrogen-bond donors (Lipinski definition) is 0. The molecule has 2 radical (unpaired) electrons. The maximum atomic E-state index is 15.2. The molecule has 1 saturated carbocycles. The van der Waals surface area contributed by atoms with Crippen molar-refractivity contribution in [1.29, 1.82) is 0 Å². The fourth-order valence-electron chi connectivity index (χ4n) is 6.56. The van der Waals surface area contributed by atoms with E-state index >= 15 is 4.39 Å². The molecule has 2 fully saturated rings. The quantitative estimate of drug-likeness (QED) is 0.257. The van der Waals surface area contributed by atoms with Crippen LogP contribution in [0.4, 0.5) is 4.39 Å². The Balaban J connectivity index is 1.42. The summed E-state index contributed by atoms with van der Waals surface area (Å²) in [5, 5.41) is 0. The van der Waals surface area contributed by atoms with E-state index in [4.69, 9.17) is 0 Å². The molecule has 2 aromatic rings. The zero-order chi connectivity index (χ0) is 23.1. The van der Waals surface area contributed by atoms with Gasteiger partial charge in [0.2, 0.25) is 0 Å². The van der Waals surface area contributed by atoms with Crippen molar-refractivity contribution in [2.75, 3.05) is 0 Å². The van der Waals surface area contributed by atoms with Gasteiger partial charge in [0, 0.05) is 15.1 Å². The second-order valence-corrected chi connectivity index (χ2v) is 12.3. The number of hydrogen-bond acceptors (Lipinski definition) is 0. The van der Waals surface area contributed by atoms with E-state index in [0.717, 1.165) is 26.6 Å². The molecule has 0 N–H and O–H groups in total. The van der Waals surface area contributed by atoms with E-state index in [1.165, 1.54) is 100 Å². The third-order valence-electron chi connectivity index (χ3n) is 8.62. The van der Waals surface area contributed by atoms with E-state index in [0.29, 0.717) is 11.3 Å². The molecule has 0 bridgehead atoms. The normalized spacial score (nSPS) is 22.9. The molecule has 4 rings (SSSR count). The largest absolute Gasteiger partial charge is 0.206 e. The van der Waals surface area contributed by atoms with E-state index in [-0.39, 0.29) is 5.82 Å². The van der Waals surface area contributed by atoms with Crippen LogP contribution in [-0.4, -0.2) is 9.52 Å². The molecule has 178 valence electrons. The zero-order valence-electron chi connectivity index (χ0n) is 21.0. The van der Waals surface area contributed by atoms with E-state index in [2.05, 4.69) is 44.2 Å². The van der Waals surface area contributed by atoms with Crippen molar-refractivity contribution in [2.24, 2.45) is 5.92 Å². The van der Waals surface area contributed by atoms with Gasteiger partial charge in [-0.3, -0.25) is 0 Å². The fourth-order valence-corrected chi connectivity index (χ4v) is 8.12. The van der Waals surface area contributed by atoms with Gasteiger partial charge in [0.1, 0.15) is 5.82 Å². The van der Waals surface area contributed by atoms with E-state index in [9.17, 15) is 0 Å². The highest BCUT2D eigenvalue weighted by Crippen LogP contribution is 2.43. The molecule has 1 heterocycles. The lowest BCUT2D eigenvalue weighted by atomic mass is 9.72. The average molecular weight is 463 g/mol. The van der Waals surface area contributed by atoms with Crippen LogP contribution >= 0.6 is 0 Å². The summed E-state index contributed by atoms with van der Waals surface area (Å²) >= 11 is 0. The molecule has 0 nitrogen and oxygen atoms in total. The minimum atomic E-state index is -0.0487. The highest BCUT2D eigenvalue weighted by molar-refractivity contribution is 6.35. The van der Waals surface area contributed by atoms with Crippen LogP contribution in [0.15, 0.2) is 42.5 Å².